The van der Waals surface area contributed by atoms with Crippen molar-refractivity contribution in [1.29, 1.82) is 0 Å². The van der Waals surface area contributed by atoms with E-state index >= 15 is 0 Å². The maximum absolute atomic E-state index is 11.4. The van der Waals surface area contributed by atoms with E-state index in [0.717, 1.165) is 11.5 Å². The number of nitrogens with two attached hydrogens (primary N) is 1. The molecule has 1 atom stereocenters. The topological polar surface area (TPSA) is 73.6 Å². The van der Waals surface area contributed by atoms with Crippen LogP contribution in [0.1, 0.15) is 19.8 Å². The molecule has 6 heteroatoms. The van der Waals surface area contributed by atoms with Crippen LogP contribution in [0.4, 0.5) is 0 Å². The second-order valence-electron chi connectivity index (χ2n) is 4.30. The molecule has 1 amide bonds. The molecule has 0 aromatic heterocycles. The predicted molar refractivity (Wildman–Crippen MR) is 81.6 cm³/mol. The fraction of sp³-hybridized carbons (Fsp3) is 0.500. The first-order chi connectivity index (χ1) is 9.15. The van der Waals surface area contributed by atoms with E-state index in [1.165, 1.54) is 0 Å². The first kappa shape index (κ1) is 18.5. The van der Waals surface area contributed by atoms with Crippen LogP contribution in [0.15, 0.2) is 24.3 Å². The van der Waals surface area contributed by atoms with Crippen LogP contribution in [0.5, 0.6) is 11.5 Å². The first-order valence-corrected chi connectivity index (χ1v) is 6.43. The summed E-state index contributed by atoms with van der Waals surface area (Å²) in [5, 5.41) is 2.82. The van der Waals surface area contributed by atoms with Gasteiger partial charge in [-0.3, -0.25) is 4.79 Å². The summed E-state index contributed by atoms with van der Waals surface area (Å²) in [6.07, 6.45) is 1.08. The van der Waals surface area contributed by atoms with Crippen molar-refractivity contribution in [1.82, 2.24) is 5.32 Å². The van der Waals surface area contributed by atoms with E-state index < -0.39 is 0 Å². The van der Waals surface area contributed by atoms with Gasteiger partial charge in [0, 0.05) is 6.42 Å². The predicted octanol–water partition coefficient (Wildman–Crippen LogP) is 1.74. The molecule has 0 aliphatic heterocycles. The summed E-state index contributed by atoms with van der Waals surface area (Å²) in [4.78, 5) is 11.4. The minimum atomic E-state index is -0.0878. The van der Waals surface area contributed by atoms with Gasteiger partial charge in [0.15, 0.2) is 0 Å². The van der Waals surface area contributed by atoms with Crippen LogP contribution in [-0.2, 0) is 4.79 Å². The Morgan fingerprint density at radius 1 is 1.30 bits per heavy atom. The Morgan fingerprint density at radius 2 is 1.90 bits per heavy atom. The highest BCUT2D eigenvalue weighted by molar-refractivity contribution is 5.85. The smallest absolute Gasteiger partial charge is 0.220 e. The number of benzene rings is 1. The molecular weight excluding hydrogens is 280 g/mol. The lowest BCUT2D eigenvalue weighted by Crippen LogP contribution is -2.33. The number of carbonyl (C=O) groups is 1. The van der Waals surface area contributed by atoms with Crippen molar-refractivity contribution in [2.24, 2.45) is 5.73 Å². The Morgan fingerprint density at radius 3 is 2.45 bits per heavy atom. The summed E-state index contributed by atoms with van der Waals surface area (Å²) < 4.78 is 10.7. The second kappa shape index (κ2) is 10.3. The zero-order valence-electron chi connectivity index (χ0n) is 11.9. The largest absolute Gasteiger partial charge is 0.497 e. The average molecular weight is 303 g/mol. The molecule has 114 valence electrons. The van der Waals surface area contributed by atoms with Gasteiger partial charge in [-0.15, -0.1) is 12.4 Å². The van der Waals surface area contributed by atoms with Gasteiger partial charge in [-0.2, -0.15) is 0 Å². The van der Waals surface area contributed by atoms with Crippen LogP contribution in [0.2, 0.25) is 0 Å². The van der Waals surface area contributed by atoms with E-state index in [2.05, 4.69) is 5.32 Å². The van der Waals surface area contributed by atoms with Crippen LogP contribution >= 0.6 is 12.4 Å². The molecule has 0 aliphatic rings. The molecule has 1 aromatic carbocycles. The minimum Gasteiger partial charge on any atom is -0.497 e. The van der Waals surface area contributed by atoms with Gasteiger partial charge in [0.1, 0.15) is 17.6 Å². The Labute approximate surface area is 126 Å². The van der Waals surface area contributed by atoms with E-state index in [-0.39, 0.29) is 24.4 Å². The first-order valence-electron chi connectivity index (χ1n) is 6.43. The lowest BCUT2D eigenvalue weighted by molar-refractivity contribution is -0.121. The standard InChI is InChI=1S/C14H22N2O3.ClH/c1-11(10-16-14(17)4-3-9-15)19-13-7-5-12(18-2)6-8-13;/h5-8,11H,3-4,9-10,15H2,1-2H3,(H,16,17);1H. The average Bonchev–Trinajstić information content (AvgIpc) is 2.43. The third kappa shape index (κ3) is 7.21. The van der Waals surface area contributed by atoms with Crippen molar-refractivity contribution in [3.8, 4) is 11.5 Å². The molecule has 0 spiro atoms. The lowest BCUT2D eigenvalue weighted by atomic mass is 10.3. The maximum Gasteiger partial charge on any atom is 0.220 e. The highest BCUT2D eigenvalue weighted by atomic mass is 35.5. The normalized spacial score (nSPS) is 11.2. The summed E-state index contributed by atoms with van der Waals surface area (Å²) in [5.41, 5.74) is 5.34. The highest BCUT2D eigenvalue weighted by Crippen LogP contribution is 2.17. The van der Waals surface area contributed by atoms with E-state index in [9.17, 15) is 4.79 Å². The fourth-order valence-electron chi connectivity index (χ4n) is 1.54. The van der Waals surface area contributed by atoms with E-state index in [4.69, 9.17) is 15.2 Å². The zero-order chi connectivity index (χ0) is 14.1. The summed E-state index contributed by atoms with van der Waals surface area (Å²) in [6.45, 7) is 2.92. The number of carbonyl (C=O) groups excluding carboxylic acids is 1. The third-order valence-electron chi connectivity index (χ3n) is 2.59. The van der Waals surface area contributed by atoms with Gasteiger partial charge in [0.25, 0.3) is 0 Å². The van der Waals surface area contributed by atoms with Crippen molar-refractivity contribution in [2.45, 2.75) is 25.9 Å². The summed E-state index contributed by atoms with van der Waals surface area (Å²) in [6, 6.07) is 7.35. The van der Waals surface area contributed by atoms with Crippen LogP contribution in [0.25, 0.3) is 0 Å². The van der Waals surface area contributed by atoms with Crippen LogP contribution in [0.3, 0.4) is 0 Å². The quantitative estimate of drug-likeness (QED) is 0.767. The van der Waals surface area contributed by atoms with Crippen molar-refractivity contribution >= 4 is 18.3 Å². The lowest BCUT2D eigenvalue weighted by Gasteiger charge is -2.15. The van der Waals surface area contributed by atoms with Crippen LogP contribution in [0, 0.1) is 0 Å². The van der Waals surface area contributed by atoms with Gasteiger partial charge < -0.3 is 20.5 Å². The number of rotatable bonds is 8. The molecule has 0 saturated heterocycles. The van der Waals surface area contributed by atoms with Gasteiger partial charge in [0.05, 0.1) is 13.7 Å². The summed E-state index contributed by atoms with van der Waals surface area (Å²) in [5.74, 6) is 1.55. The molecule has 1 aromatic rings. The maximum atomic E-state index is 11.4. The molecule has 5 nitrogen and oxygen atoms in total. The van der Waals surface area contributed by atoms with Gasteiger partial charge >= 0.3 is 0 Å². The summed E-state index contributed by atoms with van der Waals surface area (Å²) in [7, 11) is 1.62. The molecule has 0 saturated carbocycles. The number of amides is 1. The Balaban J connectivity index is 0.00000361. The number of hydrogen-bond acceptors (Lipinski definition) is 4. The van der Waals surface area contributed by atoms with Gasteiger partial charge in [-0.05, 0) is 44.2 Å². The molecule has 1 unspecified atom stereocenters. The Hall–Kier alpha value is -1.46. The van der Waals surface area contributed by atoms with E-state index in [0.29, 0.717) is 25.9 Å². The molecule has 0 heterocycles. The number of nitrogens with one attached hydrogen (secondary N) is 1. The highest BCUT2D eigenvalue weighted by Gasteiger charge is 2.06. The monoisotopic (exact) mass is 302 g/mol. The van der Waals surface area contributed by atoms with Crippen LogP contribution < -0.4 is 20.5 Å². The Kier molecular flexibility index (Phi) is 9.59. The molecule has 0 radical (unpaired) electrons. The molecule has 20 heavy (non-hydrogen) atoms. The minimum absolute atomic E-state index is 0. The van der Waals surface area contributed by atoms with Gasteiger partial charge in [-0.1, -0.05) is 0 Å². The van der Waals surface area contributed by atoms with E-state index in [1.807, 2.05) is 31.2 Å². The van der Waals surface area contributed by atoms with Gasteiger partial charge in [0.2, 0.25) is 5.91 Å². The number of ether oxygens (including phenoxy) is 2. The Bertz CT molecular complexity index is 385. The van der Waals surface area contributed by atoms with Crippen LogP contribution in [-0.4, -0.2) is 32.2 Å². The summed E-state index contributed by atoms with van der Waals surface area (Å²) >= 11 is 0. The van der Waals surface area contributed by atoms with Gasteiger partial charge in [-0.25, -0.2) is 0 Å². The number of hydrogen-bond donors (Lipinski definition) is 2. The molecule has 0 bridgehead atoms. The molecule has 3 N–H and O–H groups in total. The second-order valence-corrected chi connectivity index (χ2v) is 4.30. The number of halogens is 1. The number of methoxy groups -OCH3 is 1. The van der Waals surface area contributed by atoms with Crippen molar-refractivity contribution in [3.63, 3.8) is 0 Å². The fourth-order valence-corrected chi connectivity index (χ4v) is 1.54. The molecule has 1 rings (SSSR count). The van der Waals surface area contributed by atoms with E-state index in [1.54, 1.807) is 7.11 Å². The molecule has 0 fully saturated rings. The third-order valence-corrected chi connectivity index (χ3v) is 2.59. The molecule has 0 aliphatic carbocycles. The van der Waals surface area contributed by atoms with Crippen molar-refractivity contribution in [2.75, 3.05) is 20.2 Å². The molecular formula is C14H23ClN2O3. The van der Waals surface area contributed by atoms with Crippen molar-refractivity contribution < 1.29 is 14.3 Å². The van der Waals surface area contributed by atoms with Crippen molar-refractivity contribution in [3.05, 3.63) is 24.3 Å². The SMILES string of the molecule is COc1ccc(OC(C)CNC(=O)CCCN)cc1.Cl. The zero-order valence-corrected chi connectivity index (χ0v) is 12.7.